The minimum atomic E-state index is -3.27. The maximum atomic E-state index is 11.5. The highest BCUT2D eigenvalue weighted by Crippen LogP contribution is 2.24. The summed E-state index contributed by atoms with van der Waals surface area (Å²) in [4.78, 5) is 0. The molecule has 2 rings (SSSR count). The van der Waals surface area contributed by atoms with Gasteiger partial charge in [0.2, 0.25) is 10.0 Å². The topological polar surface area (TPSA) is 92.1 Å². The Kier molecular flexibility index (Phi) is 3.00. The van der Waals surface area contributed by atoms with Crippen LogP contribution in [0.2, 0.25) is 0 Å². The average molecular weight is 266 g/mol. The van der Waals surface area contributed by atoms with Crippen molar-refractivity contribution in [2.24, 2.45) is 0 Å². The molecule has 0 unspecified atom stereocenters. The van der Waals surface area contributed by atoms with Gasteiger partial charge in [0, 0.05) is 18.7 Å². The van der Waals surface area contributed by atoms with E-state index in [0.29, 0.717) is 11.5 Å². The fourth-order valence-electron chi connectivity index (χ4n) is 1.55. The van der Waals surface area contributed by atoms with Crippen LogP contribution >= 0.6 is 0 Å². The molecule has 2 aromatic rings. The van der Waals surface area contributed by atoms with E-state index in [4.69, 9.17) is 5.73 Å². The molecule has 6 nitrogen and oxygen atoms in total. The van der Waals surface area contributed by atoms with Crippen LogP contribution in [-0.4, -0.2) is 31.9 Å². The van der Waals surface area contributed by atoms with E-state index in [1.165, 1.54) is 11.4 Å². The Balaban J connectivity index is 2.43. The number of nitrogens with two attached hydrogens (primary N) is 1. The molecule has 0 amide bonds. The monoisotopic (exact) mass is 266 g/mol. The van der Waals surface area contributed by atoms with Crippen molar-refractivity contribution in [1.29, 1.82) is 0 Å². The standard InChI is InChI=1S/C11H14N4O2S/c1-15(18(2,16)17)9-5-3-4-8(6-9)10-7-11(12)14-13-10/h3-7H,1-2H3,(H3,12,13,14). The summed E-state index contributed by atoms with van der Waals surface area (Å²) in [6.07, 6.45) is 1.16. The summed E-state index contributed by atoms with van der Waals surface area (Å²) >= 11 is 0. The van der Waals surface area contributed by atoms with Crippen molar-refractivity contribution in [1.82, 2.24) is 10.2 Å². The van der Waals surface area contributed by atoms with Crippen molar-refractivity contribution >= 4 is 21.5 Å². The minimum Gasteiger partial charge on any atom is -0.382 e. The van der Waals surface area contributed by atoms with E-state index in [2.05, 4.69) is 10.2 Å². The largest absolute Gasteiger partial charge is 0.382 e. The second-order valence-electron chi connectivity index (χ2n) is 3.99. The molecule has 0 aliphatic heterocycles. The Hall–Kier alpha value is -2.02. The predicted octanol–water partition coefficient (Wildman–Crippen LogP) is 1.05. The van der Waals surface area contributed by atoms with Crippen molar-refractivity contribution in [2.75, 3.05) is 23.3 Å². The van der Waals surface area contributed by atoms with Crippen molar-refractivity contribution in [3.8, 4) is 11.3 Å². The molecule has 0 saturated carbocycles. The van der Waals surface area contributed by atoms with Gasteiger partial charge in [-0.05, 0) is 12.1 Å². The third kappa shape index (κ3) is 2.45. The molecule has 18 heavy (non-hydrogen) atoms. The van der Waals surface area contributed by atoms with E-state index in [-0.39, 0.29) is 0 Å². The average Bonchev–Trinajstić information content (AvgIpc) is 2.74. The highest BCUT2D eigenvalue weighted by atomic mass is 32.2. The Morgan fingerprint density at radius 2 is 2.06 bits per heavy atom. The number of nitrogens with one attached hydrogen (secondary N) is 1. The van der Waals surface area contributed by atoms with Crippen LogP contribution in [-0.2, 0) is 10.0 Å². The summed E-state index contributed by atoms with van der Waals surface area (Å²) < 4.78 is 24.2. The summed E-state index contributed by atoms with van der Waals surface area (Å²) in [6.45, 7) is 0. The molecule has 1 aromatic carbocycles. The minimum absolute atomic E-state index is 0.395. The van der Waals surface area contributed by atoms with Gasteiger partial charge in [0.15, 0.2) is 0 Å². The van der Waals surface area contributed by atoms with E-state index < -0.39 is 10.0 Å². The van der Waals surface area contributed by atoms with Gasteiger partial charge in [-0.1, -0.05) is 12.1 Å². The fourth-order valence-corrected chi connectivity index (χ4v) is 2.04. The number of hydrogen-bond donors (Lipinski definition) is 2. The highest BCUT2D eigenvalue weighted by Gasteiger charge is 2.12. The maximum Gasteiger partial charge on any atom is 0.231 e. The van der Waals surface area contributed by atoms with Crippen LogP contribution in [0, 0.1) is 0 Å². The third-order valence-corrected chi connectivity index (χ3v) is 3.82. The van der Waals surface area contributed by atoms with Crippen LogP contribution in [0.5, 0.6) is 0 Å². The number of nitrogens with zero attached hydrogens (tertiary/aromatic N) is 2. The normalized spacial score (nSPS) is 11.4. The van der Waals surface area contributed by atoms with E-state index in [0.717, 1.165) is 17.5 Å². The smallest absolute Gasteiger partial charge is 0.231 e. The Morgan fingerprint density at radius 1 is 1.33 bits per heavy atom. The van der Waals surface area contributed by atoms with E-state index in [9.17, 15) is 8.42 Å². The second kappa shape index (κ2) is 4.34. The molecular weight excluding hydrogens is 252 g/mol. The molecule has 0 radical (unpaired) electrons. The molecule has 1 heterocycles. The van der Waals surface area contributed by atoms with Gasteiger partial charge in [0.25, 0.3) is 0 Å². The van der Waals surface area contributed by atoms with Gasteiger partial charge in [0.05, 0.1) is 17.6 Å². The van der Waals surface area contributed by atoms with Gasteiger partial charge >= 0.3 is 0 Å². The summed E-state index contributed by atoms with van der Waals surface area (Å²) in [5, 5.41) is 6.62. The van der Waals surface area contributed by atoms with Gasteiger partial charge in [-0.25, -0.2) is 8.42 Å². The number of anilines is 2. The summed E-state index contributed by atoms with van der Waals surface area (Å²) in [5.41, 5.74) is 7.69. The van der Waals surface area contributed by atoms with Crippen LogP contribution in [0.3, 0.4) is 0 Å². The van der Waals surface area contributed by atoms with Gasteiger partial charge in [0.1, 0.15) is 5.82 Å². The van der Waals surface area contributed by atoms with E-state index in [1.54, 1.807) is 24.3 Å². The quantitative estimate of drug-likeness (QED) is 0.868. The number of rotatable bonds is 3. The first-order valence-corrected chi connectivity index (χ1v) is 7.08. The predicted molar refractivity (Wildman–Crippen MR) is 71.7 cm³/mol. The summed E-state index contributed by atoms with van der Waals surface area (Å²) in [5.74, 6) is 0.395. The lowest BCUT2D eigenvalue weighted by Crippen LogP contribution is -2.24. The lowest BCUT2D eigenvalue weighted by atomic mass is 10.1. The highest BCUT2D eigenvalue weighted by molar-refractivity contribution is 7.92. The van der Waals surface area contributed by atoms with E-state index in [1.807, 2.05) is 6.07 Å². The first-order chi connectivity index (χ1) is 8.38. The summed E-state index contributed by atoms with van der Waals surface area (Å²) in [7, 11) is -1.76. The number of hydrogen-bond acceptors (Lipinski definition) is 4. The fraction of sp³-hybridized carbons (Fsp3) is 0.182. The number of benzene rings is 1. The molecule has 0 fully saturated rings. The SMILES string of the molecule is CN(c1cccc(-c2cc(N)n[nH]2)c1)S(C)(=O)=O. The second-order valence-corrected chi connectivity index (χ2v) is 6.00. The van der Waals surface area contributed by atoms with Crippen molar-refractivity contribution in [3.05, 3.63) is 30.3 Å². The number of aromatic nitrogens is 2. The summed E-state index contributed by atoms with van der Waals surface area (Å²) in [6, 6.07) is 8.81. The number of nitrogen functional groups attached to an aromatic ring is 1. The van der Waals surface area contributed by atoms with Gasteiger partial charge < -0.3 is 5.73 Å². The first-order valence-electron chi connectivity index (χ1n) is 5.23. The molecule has 0 aliphatic carbocycles. The molecule has 3 N–H and O–H groups in total. The number of H-pyrrole nitrogens is 1. The van der Waals surface area contributed by atoms with Gasteiger partial charge in [-0.15, -0.1) is 0 Å². The number of sulfonamides is 1. The maximum absolute atomic E-state index is 11.5. The van der Waals surface area contributed by atoms with Crippen molar-refractivity contribution in [2.45, 2.75) is 0 Å². The Labute approximate surface area is 105 Å². The number of aromatic amines is 1. The molecule has 0 atom stereocenters. The molecule has 1 aromatic heterocycles. The van der Waals surface area contributed by atoms with Crippen LogP contribution in [0.15, 0.2) is 30.3 Å². The van der Waals surface area contributed by atoms with Crippen molar-refractivity contribution < 1.29 is 8.42 Å². The van der Waals surface area contributed by atoms with E-state index >= 15 is 0 Å². The first kappa shape index (κ1) is 12.4. The zero-order chi connectivity index (χ0) is 13.3. The van der Waals surface area contributed by atoms with Crippen LogP contribution in [0.25, 0.3) is 11.3 Å². The molecular formula is C11H14N4O2S. The molecule has 7 heteroatoms. The van der Waals surface area contributed by atoms with Gasteiger partial charge in [-0.3, -0.25) is 9.40 Å². The zero-order valence-corrected chi connectivity index (χ0v) is 10.9. The van der Waals surface area contributed by atoms with Crippen LogP contribution in [0.4, 0.5) is 11.5 Å². The van der Waals surface area contributed by atoms with Crippen LogP contribution in [0.1, 0.15) is 0 Å². The Morgan fingerprint density at radius 3 is 2.61 bits per heavy atom. The van der Waals surface area contributed by atoms with Gasteiger partial charge in [-0.2, -0.15) is 5.10 Å². The molecule has 0 saturated heterocycles. The lowest BCUT2D eigenvalue weighted by Gasteiger charge is -2.17. The molecule has 0 bridgehead atoms. The molecule has 96 valence electrons. The third-order valence-electron chi connectivity index (χ3n) is 2.62. The van der Waals surface area contributed by atoms with Crippen molar-refractivity contribution in [3.63, 3.8) is 0 Å². The zero-order valence-electron chi connectivity index (χ0n) is 10.1. The molecule has 0 aliphatic rings. The van der Waals surface area contributed by atoms with Crippen LogP contribution < -0.4 is 10.0 Å². The molecule has 0 spiro atoms. The Bertz CT molecular complexity index is 663. The lowest BCUT2D eigenvalue weighted by molar-refractivity contribution is 0.600.